The molecular weight excluding hydrogens is 328 g/mol. The van der Waals surface area contributed by atoms with Crippen LogP contribution in [-0.2, 0) is 11.3 Å². The van der Waals surface area contributed by atoms with E-state index >= 15 is 0 Å². The normalized spacial score (nSPS) is 16.5. The maximum atomic E-state index is 11.6. The Labute approximate surface area is 157 Å². The predicted molar refractivity (Wildman–Crippen MR) is 106 cm³/mol. The minimum Gasteiger partial charge on any atom is -0.444 e. The van der Waals surface area contributed by atoms with Crippen molar-refractivity contribution >= 4 is 11.8 Å². The number of nitrogens with one attached hydrogen (secondary N) is 1. The number of piperazine rings is 1. The second kappa shape index (κ2) is 9.24. The molecule has 1 aliphatic heterocycles. The lowest BCUT2D eigenvalue weighted by Crippen LogP contribution is -2.46. The van der Waals surface area contributed by atoms with Gasteiger partial charge in [0.15, 0.2) is 0 Å². The van der Waals surface area contributed by atoms with Crippen LogP contribution in [-0.4, -0.2) is 60.8 Å². The quantitative estimate of drug-likeness (QED) is 0.601. The van der Waals surface area contributed by atoms with Gasteiger partial charge in [0, 0.05) is 45.0 Å². The summed E-state index contributed by atoms with van der Waals surface area (Å²) in [6.45, 7) is 14.7. The van der Waals surface area contributed by atoms with E-state index in [2.05, 4.69) is 28.1 Å². The number of aryl methyl sites for hydroxylation is 1. The van der Waals surface area contributed by atoms with Gasteiger partial charge < -0.3 is 20.7 Å². The molecule has 146 valence electrons. The third-order valence-electron chi connectivity index (χ3n) is 4.54. The van der Waals surface area contributed by atoms with E-state index in [4.69, 9.17) is 10.5 Å². The fourth-order valence-corrected chi connectivity index (χ4v) is 3.12. The van der Waals surface area contributed by atoms with Crippen LogP contribution in [0.5, 0.6) is 0 Å². The summed E-state index contributed by atoms with van der Waals surface area (Å²) >= 11 is 0. The lowest BCUT2D eigenvalue weighted by Gasteiger charge is -2.35. The van der Waals surface area contributed by atoms with Crippen LogP contribution in [0.25, 0.3) is 0 Å². The zero-order chi connectivity index (χ0) is 19.2. The van der Waals surface area contributed by atoms with Crippen LogP contribution in [0.2, 0.25) is 0 Å². The summed E-state index contributed by atoms with van der Waals surface area (Å²) < 4.78 is 5.24. The van der Waals surface area contributed by atoms with Gasteiger partial charge in [-0.05, 0) is 63.9 Å². The fourth-order valence-electron chi connectivity index (χ4n) is 3.12. The van der Waals surface area contributed by atoms with Gasteiger partial charge >= 0.3 is 6.09 Å². The Morgan fingerprint density at radius 3 is 2.46 bits per heavy atom. The molecule has 2 rings (SSSR count). The number of rotatable bonds is 6. The van der Waals surface area contributed by atoms with Crippen LogP contribution in [0.4, 0.5) is 10.5 Å². The van der Waals surface area contributed by atoms with E-state index in [-0.39, 0.29) is 6.09 Å². The van der Waals surface area contributed by atoms with Crippen LogP contribution in [0.3, 0.4) is 0 Å². The monoisotopic (exact) mass is 362 g/mol. The molecule has 1 amide bonds. The molecule has 6 heteroatoms. The molecule has 0 unspecified atom stereocenters. The molecule has 0 aliphatic carbocycles. The molecule has 6 nitrogen and oxygen atoms in total. The van der Waals surface area contributed by atoms with Crippen LogP contribution in [0, 0.1) is 6.92 Å². The van der Waals surface area contributed by atoms with Gasteiger partial charge in [0.2, 0.25) is 0 Å². The molecular formula is C20H34N4O2. The Morgan fingerprint density at radius 2 is 1.85 bits per heavy atom. The molecule has 1 saturated heterocycles. The SMILES string of the molecule is Cc1cc(N)ccc1CN1CCN(CCCNC(=O)OC(C)(C)C)CC1. The molecule has 0 bridgehead atoms. The molecule has 0 saturated carbocycles. The highest BCUT2D eigenvalue weighted by Gasteiger charge is 2.18. The number of nitrogens with two attached hydrogens (primary N) is 1. The number of anilines is 1. The Balaban J connectivity index is 1.62. The Morgan fingerprint density at radius 1 is 1.19 bits per heavy atom. The van der Waals surface area contributed by atoms with Crippen molar-refractivity contribution in [2.75, 3.05) is 45.0 Å². The van der Waals surface area contributed by atoms with Crippen molar-refractivity contribution < 1.29 is 9.53 Å². The fraction of sp³-hybridized carbons (Fsp3) is 0.650. The van der Waals surface area contributed by atoms with E-state index in [1.165, 1.54) is 11.1 Å². The first kappa shape index (κ1) is 20.5. The number of nitrogen functional groups attached to an aromatic ring is 1. The minimum absolute atomic E-state index is 0.332. The summed E-state index contributed by atoms with van der Waals surface area (Å²) in [5.41, 5.74) is 8.84. The molecule has 0 aromatic heterocycles. The van der Waals surface area contributed by atoms with Gasteiger partial charge in [-0.25, -0.2) is 4.79 Å². The number of benzene rings is 1. The standard InChI is InChI=1S/C20H34N4O2/c1-16-14-18(21)7-6-17(16)15-24-12-10-23(11-13-24)9-5-8-22-19(25)26-20(2,3)4/h6-7,14H,5,8-13,15,21H2,1-4H3,(H,22,25). The highest BCUT2D eigenvalue weighted by Crippen LogP contribution is 2.16. The molecule has 1 aliphatic rings. The Bertz CT molecular complexity index is 590. The first-order valence-electron chi connectivity index (χ1n) is 9.49. The summed E-state index contributed by atoms with van der Waals surface area (Å²) in [6, 6.07) is 6.17. The third kappa shape index (κ3) is 7.22. The van der Waals surface area contributed by atoms with Crippen LogP contribution >= 0.6 is 0 Å². The van der Waals surface area contributed by atoms with Crippen LogP contribution < -0.4 is 11.1 Å². The molecule has 1 heterocycles. The number of hydrogen-bond donors (Lipinski definition) is 2. The number of nitrogens with zero attached hydrogens (tertiary/aromatic N) is 2. The molecule has 0 radical (unpaired) electrons. The average molecular weight is 363 g/mol. The van der Waals surface area contributed by atoms with Crippen molar-refractivity contribution in [1.29, 1.82) is 0 Å². The van der Waals surface area contributed by atoms with Crippen LogP contribution in [0.15, 0.2) is 18.2 Å². The molecule has 1 aromatic rings. The van der Waals surface area contributed by atoms with E-state index in [0.717, 1.165) is 51.4 Å². The molecule has 0 atom stereocenters. The number of carbonyl (C=O) groups is 1. The maximum Gasteiger partial charge on any atom is 0.407 e. The highest BCUT2D eigenvalue weighted by atomic mass is 16.6. The Hall–Kier alpha value is -1.79. The molecule has 1 aromatic carbocycles. The first-order valence-corrected chi connectivity index (χ1v) is 9.49. The van der Waals surface area contributed by atoms with Crippen LogP contribution in [0.1, 0.15) is 38.3 Å². The first-order chi connectivity index (χ1) is 12.2. The van der Waals surface area contributed by atoms with E-state index in [9.17, 15) is 4.79 Å². The predicted octanol–water partition coefficient (Wildman–Crippen LogP) is 2.61. The zero-order valence-corrected chi connectivity index (χ0v) is 16.7. The van der Waals surface area contributed by atoms with Gasteiger partial charge in [-0.2, -0.15) is 0 Å². The van der Waals surface area contributed by atoms with Crippen molar-refractivity contribution in [3.05, 3.63) is 29.3 Å². The van der Waals surface area contributed by atoms with Gasteiger partial charge in [0.05, 0.1) is 0 Å². The summed E-state index contributed by atoms with van der Waals surface area (Å²) in [6.07, 6.45) is 0.609. The average Bonchev–Trinajstić information content (AvgIpc) is 2.54. The Kier molecular flexibility index (Phi) is 7.29. The minimum atomic E-state index is -0.441. The molecule has 1 fully saturated rings. The van der Waals surface area contributed by atoms with E-state index in [1.54, 1.807) is 0 Å². The topological polar surface area (TPSA) is 70.8 Å². The van der Waals surface area contributed by atoms with Crippen molar-refractivity contribution in [3.63, 3.8) is 0 Å². The number of amides is 1. The zero-order valence-electron chi connectivity index (χ0n) is 16.7. The number of ether oxygens (including phenoxy) is 1. The number of alkyl carbamates (subject to hydrolysis) is 1. The third-order valence-corrected chi connectivity index (χ3v) is 4.54. The molecule has 26 heavy (non-hydrogen) atoms. The summed E-state index contributed by atoms with van der Waals surface area (Å²) in [5, 5.41) is 2.82. The van der Waals surface area contributed by atoms with Gasteiger partial charge in [-0.15, -0.1) is 0 Å². The van der Waals surface area contributed by atoms with Gasteiger partial charge in [-0.1, -0.05) is 6.07 Å². The second-order valence-corrected chi connectivity index (χ2v) is 8.09. The highest BCUT2D eigenvalue weighted by molar-refractivity contribution is 5.67. The van der Waals surface area contributed by atoms with Gasteiger partial charge in [0.25, 0.3) is 0 Å². The smallest absolute Gasteiger partial charge is 0.407 e. The molecule has 0 spiro atoms. The van der Waals surface area contributed by atoms with Crippen molar-refractivity contribution in [3.8, 4) is 0 Å². The number of carbonyl (C=O) groups excluding carboxylic acids is 1. The maximum absolute atomic E-state index is 11.6. The van der Waals surface area contributed by atoms with Crippen molar-refractivity contribution in [2.45, 2.75) is 46.3 Å². The summed E-state index contributed by atoms with van der Waals surface area (Å²) in [7, 11) is 0. The summed E-state index contributed by atoms with van der Waals surface area (Å²) in [4.78, 5) is 16.6. The lowest BCUT2D eigenvalue weighted by molar-refractivity contribution is 0.0524. The van der Waals surface area contributed by atoms with Gasteiger partial charge in [-0.3, -0.25) is 4.90 Å². The van der Waals surface area contributed by atoms with Crippen molar-refractivity contribution in [1.82, 2.24) is 15.1 Å². The number of hydrogen-bond acceptors (Lipinski definition) is 5. The summed E-state index contributed by atoms with van der Waals surface area (Å²) in [5.74, 6) is 0. The van der Waals surface area contributed by atoms with Crippen molar-refractivity contribution in [2.24, 2.45) is 0 Å². The van der Waals surface area contributed by atoms with Gasteiger partial charge in [0.1, 0.15) is 5.60 Å². The van der Waals surface area contributed by atoms with E-state index in [0.29, 0.717) is 6.54 Å². The van der Waals surface area contributed by atoms with E-state index < -0.39 is 5.60 Å². The molecule has 3 N–H and O–H groups in total. The largest absolute Gasteiger partial charge is 0.444 e. The van der Waals surface area contributed by atoms with E-state index in [1.807, 2.05) is 32.9 Å². The second-order valence-electron chi connectivity index (χ2n) is 8.09. The lowest BCUT2D eigenvalue weighted by atomic mass is 10.1.